The fourth-order valence-corrected chi connectivity index (χ4v) is 1.77. The van der Waals surface area contributed by atoms with E-state index in [1.807, 2.05) is 13.0 Å². The molecule has 0 aromatic heterocycles. The van der Waals surface area contributed by atoms with Gasteiger partial charge in [-0.1, -0.05) is 0 Å². The molecule has 1 heterocycles. The van der Waals surface area contributed by atoms with Crippen molar-refractivity contribution in [3.05, 3.63) is 11.6 Å². The molecule has 0 spiro atoms. The standard InChI is InChI=1S/C9H12O3/c1-2-11-9(10)8-4-7-3-6(8)5-12-7/h4,6-7H,2-3,5H2,1H3. The Bertz CT molecular complexity index is 232. The molecule has 66 valence electrons. The van der Waals surface area contributed by atoms with Crippen molar-refractivity contribution >= 4 is 5.97 Å². The zero-order chi connectivity index (χ0) is 8.55. The van der Waals surface area contributed by atoms with E-state index in [-0.39, 0.29) is 12.1 Å². The van der Waals surface area contributed by atoms with Crippen LogP contribution in [0.25, 0.3) is 0 Å². The Hall–Kier alpha value is -0.830. The molecule has 1 fully saturated rings. The van der Waals surface area contributed by atoms with Crippen LogP contribution < -0.4 is 0 Å². The zero-order valence-corrected chi connectivity index (χ0v) is 7.08. The lowest BCUT2D eigenvalue weighted by Gasteiger charge is -2.11. The van der Waals surface area contributed by atoms with Crippen LogP contribution in [0.15, 0.2) is 11.6 Å². The molecule has 1 aliphatic heterocycles. The zero-order valence-electron chi connectivity index (χ0n) is 7.08. The third kappa shape index (κ3) is 1.14. The van der Waals surface area contributed by atoms with Gasteiger partial charge in [-0.05, 0) is 19.4 Å². The molecule has 0 saturated carbocycles. The van der Waals surface area contributed by atoms with Gasteiger partial charge in [0.15, 0.2) is 0 Å². The molecule has 0 N–H and O–H groups in total. The normalized spacial score (nSPS) is 31.9. The molecule has 2 atom stereocenters. The lowest BCUT2D eigenvalue weighted by molar-refractivity contribution is -0.139. The van der Waals surface area contributed by atoms with E-state index in [4.69, 9.17) is 9.47 Å². The van der Waals surface area contributed by atoms with Gasteiger partial charge in [-0.15, -0.1) is 0 Å². The van der Waals surface area contributed by atoms with E-state index in [1.54, 1.807) is 0 Å². The summed E-state index contributed by atoms with van der Waals surface area (Å²) >= 11 is 0. The van der Waals surface area contributed by atoms with Crippen LogP contribution in [0.1, 0.15) is 13.3 Å². The van der Waals surface area contributed by atoms with Gasteiger partial charge in [0, 0.05) is 11.5 Å². The second-order valence-electron chi connectivity index (χ2n) is 3.15. The monoisotopic (exact) mass is 168 g/mol. The maximum Gasteiger partial charge on any atom is 0.334 e. The Labute approximate surface area is 71.3 Å². The molecule has 3 nitrogen and oxygen atoms in total. The summed E-state index contributed by atoms with van der Waals surface area (Å²) in [6.07, 6.45) is 3.04. The molecule has 2 rings (SSSR count). The number of carbonyl (C=O) groups excluding carboxylic acids is 1. The Morgan fingerprint density at radius 3 is 3.17 bits per heavy atom. The van der Waals surface area contributed by atoms with Crippen molar-refractivity contribution in [1.82, 2.24) is 0 Å². The first kappa shape index (κ1) is 7.80. The van der Waals surface area contributed by atoms with E-state index < -0.39 is 0 Å². The molecule has 0 radical (unpaired) electrons. The largest absolute Gasteiger partial charge is 0.463 e. The Morgan fingerprint density at radius 2 is 2.67 bits per heavy atom. The van der Waals surface area contributed by atoms with Crippen molar-refractivity contribution in [3.63, 3.8) is 0 Å². The summed E-state index contributed by atoms with van der Waals surface area (Å²) in [5.41, 5.74) is 0.827. The van der Waals surface area contributed by atoms with Crippen LogP contribution in [0.5, 0.6) is 0 Å². The van der Waals surface area contributed by atoms with Gasteiger partial charge in [-0.2, -0.15) is 0 Å². The Morgan fingerprint density at radius 1 is 1.83 bits per heavy atom. The number of esters is 1. The van der Waals surface area contributed by atoms with E-state index in [1.165, 1.54) is 0 Å². The molecule has 1 aliphatic carbocycles. The number of fused-ring (bicyclic) bond motifs is 2. The van der Waals surface area contributed by atoms with Crippen LogP contribution in [0.2, 0.25) is 0 Å². The second kappa shape index (κ2) is 2.90. The van der Waals surface area contributed by atoms with Gasteiger partial charge < -0.3 is 9.47 Å². The van der Waals surface area contributed by atoms with Crippen molar-refractivity contribution in [2.24, 2.45) is 5.92 Å². The summed E-state index contributed by atoms with van der Waals surface area (Å²) < 4.78 is 10.2. The quantitative estimate of drug-likeness (QED) is 0.574. The lowest BCUT2D eigenvalue weighted by Crippen LogP contribution is -2.16. The average Bonchev–Trinajstić information content (AvgIpc) is 2.64. The van der Waals surface area contributed by atoms with Crippen LogP contribution in [-0.4, -0.2) is 25.3 Å². The first-order valence-electron chi connectivity index (χ1n) is 4.31. The number of hydrogen-bond acceptors (Lipinski definition) is 3. The predicted molar refractivity (Wildman–Crippen MR) is 42.6 cm³/mol. The minimum absolute atomic E-state index is 0.159. The van der Waals surface area contributed by atoms with Crippen LogP contribution in [0.3, 0.4) is 0 Å². The topological polar surface area (TPSA) is 35.5 Å². The number of hydrogen-bond donors (Lipinski definition) is 0. The Balaban J connectivity index is 2.05. The molecule has 1 saturated heterocycles. The second-order valence-corrected chi connectivity index (χ2v) is 3.15. The predicted octanol–water partition coefficient (Wildman–Crippen LogP) is 0.895. The fourth-order valence-electron chi connectivity index (χ4n) is 1.77. The maximum absolute atomic E-state index is 11.3. The highest BCUT2D eigenvalue weighted by Crippen LogP contribution is 2.35. The van der Waals surface area contributed by atoms with Gasteiger partial charge in [-0.25, -0.2) is 4.79 Å². The SMILES string of the molecule is CCOC(=O)C1=CC2CC1CO2. The van der Waals surface area contributed by atoms with Crippen LogP contribution in [-0.2, 0) is 14.3 Å². The summed E-state index contributed by atoms with van der Waals surface area (Å²) in [5.74, 6) is 0.141. The van der Waals surface area contributed by atoms with Gasteiger partial charge in [0.05, 0.1) is 19.3 Å². The first-order chi connectivity index (χ1) is 5.81. The molecular weight excluding hydrogens is 156 g/mol. The van der Waals surface area contributed by atoms with Gasteiger partial charge in [0.1, 0.15) is 0 Å². The van der Waals surface area contributed by atoms with E-state index in [9.17, 15) is 4.79 Å². The van der Waals surface area contributed by atoms with E-state index >= 15 is 0 Å². The summed E-state index contributed by atoms with van der Waals surface area (Å²) in [6, 6.07) is 0. The third-order valence-electron chi connectivity index (χ3n) is 2.34. The number of ether oxygens (including phenoxy) is 2. The molecule has 2 bridgehead atoms. The number of carbonyl (C=O) groups is 1. The lowest BCUT2D eigenvalue weighted by atomic mass is 10.0. The fraction of sp³-hybridized carbons (Fsp3) is 0.667. The molecule has 2 aliphatic rings. The molecular formula is C9H12O3. The highest BCUT2D eigenvalue weighted by Gasteiger charge is 2.37. The van der Waals surface area contributed by atoms with Crippen LogP contribution in [0, 0.1) is 5.92 Å². The third-order valence-corrected chi connectivity index (χ3v) is 2.34. The van der Waals surface area contributed by atoms with Crippen molar-refractivity contribution < 1.29 is 14.3 Å². The van der Waals surface area contributed by atoms with Crippen molar-refractivity contribution in [2.45, 2.75) is 19.4 Å². The van der Waals surface area contributed by atoms with Gasteiger partial charge in [-0.3, -0.25) is 0 Å². The average molecular weight is 168 g/mol. The van der Waals surface area contributed by atoms with Crippen molar-refractivity contribution in [3.8, 4) is 0 Å². The van der Waals surface area contributed by atoms with Gasteiger partial charge in [0.25, 0.3) is 0 Å². The minimum atomic E-state index is -0.159. The maximum atomic E-state index is 11.3. The van der Waals surface area contributed by atoms with E-state index in [2.05, 4.69) is 0 Å². The molecule has 3 heteroatoms. The molecule has 12 heavy (non-hydrogen) atoms. The first-order valence-corrected chi connectivity index (χ1v) is 4.31. The van der Waals surface area contributed by atoms with Crippen LogP contribution in [0.4, 0.5) is 0 Å². The van der Waals surface area contributed by atoms with Crippen molar-refractivity contribution in [2.75, 3.05) is 13.2 Å². The molecule has 0 aromatic carbocycles. The Kier molecular flexibility index (Phi) is 1.89. The summed E-state index contributed by atoms with van der Waals surface area (Å²) in [7, 11) is 0. The van der Waals surface area contributed by atoms with Gasteiger partial charge in [0.2, 0.25) is 0 Å². The molecule has 0 amide bonds. The highest BCUT2D eigenvalue weighted by atomic mass is 16.5. The molecule has 0 aromatic rings. The van der Waals surface area contributed by atoms with E-state index in [0.29, 0.717) is 19.1 Å². The summed E-state index contributed by atoms with van der Waals surface area (Å²) in [6.45, 7) is 2.96. The van der Waals surface area contributed by atoms with Crippen LogP contribution >= 0.6 is 0 Å². The van der Waals surface area contributed by atoms with Crippen molar-refractivity contribution in [1.29, 1.82) is 0 Å². The minimum Gasteiger partial charge on any atom is -0.463 e. The van der Waals surface area contributed by atoms with Gasteiger partial charge >= 0.3 is 5.97 Å². The highest BCUT2D eigenvalue weighted by molar-refractivity contribution is 5.90. The summed E-state index contributed by atoms with van der Waals surface area (Å²) in [5, 5.41) is 0. The molecule has 2 unspecified atom stereocenters. The number of rotatable bonds is 2. The summed E-state index contributed by atoms with van der Waals surface area (Å²) in [4.78, 5) is 11.3. The smallest absolute Gasteiger partial charge is 0.334 e. The van der Waals surface area contributed by atoms with E-state index in [0.717, 1.165) is 12.0 Å².